The molecule has 2 atom stereocenters. The van der Waals surface area contributed by atoms with E-state index in [1.807, 2.05) is 0 Å². The van der Waals surface area contributed by atoms with Gasteiger partial charge in [-0.1, -0.05) is 13.8 Å². The van der Waals surface area contributed by atoms with E-state index in [4.69, 9.17) is 4.42 Å². The summed E-state index contributed by atoms with van der Waals surface area (Å²) in [6.07, 6.45) is 1.77. The van der Waals surface area contributed by atoms with Crippen LogP contribution in [0, 0.1) is 5.92 Å². The highest BCUT2D eigenvalue weighted by molar-refractivity contribution is 5.29. The number of rotatable bonds is 5. The first-order valence-corrected chi connectivity index (χ1v) is 7.59. The van der Waals surface area contributed by atoms with Crippen molar-refractivity contribution in [3.63, 3.8) is 0 Å². The van der Waals surface area contributed by atoms with Gasteiger partial charge in [-0.15, -0.1) is 0 Å². The van der Waals surface area contributed by atoms with E-state index in [1.165, 1.54) is 0 Å². The van der Waals surface area contributed by atoms with Crippen LogP contribution in [0.25, 0.3) is 0 Å². The van der Waals surface area contributed by atoms with E-state index < -0.39 is 0 Å². The molecular formula is C15H28N4O. The van der Waals surface area contributed by atoms with Gasteiger partial charge >= 0.3 is 0 Å². The van der Waals surface area contributed by atoms with Crippen molar-refractivity contribution in [2.75, 3.05) is 31.6 Å². The lowest BCUT2D eigenvalue weighted by Crippen LogP contribution is -2.55. The lowest BCUT2D eigenvalue weighted by atomic mass is 10.1. The maximum absolute atomic E-state index is 5.65. The molecule has 0 bridgehead atoms. The number of likely N-dealkylation sites (N-methyl/N-ethyl adjacent to an activating group) is 1. The molecule has 0 spiro atoms. The number of nitrogens with zero attached hydrogens (tertiary/aromatic N) is 3. The van der Waals surface area contributed by atoms with Gasteiger partial charge in [0.25, 0.3) is 6.01 Å². The van der Waals surface area contributed by atoms with Gasteiger partial charge in [-0.3, -0.25) is 4.90 Å². The summed E-state index contributed by atoms with van der Waals surface area (Å²) in [6, 6.07) is 1.81. The molecule has 2 unspecified atom stereocenters. The predicted octanol–water partition coefficient (Wildman–Crippen LogP) is 1.95. The molecule has 1 N–H and O–H groups in total. The van der Waals surface area contributed by atoms with Crippen LogP contribution >= 0.6 is 0 Å². The molecule has 1 fully saturated rings. The summed E-state index contributed by atoms with van der Waals surface area (Å²) in [6.45, 7) is 12.6. The molecule has 1 aliphatic rings. The van der Waals surface area contributed by atoms with Gasteiger partial charge in [0, 0.05) is 31.7 Å². The SMILES string of the molecule is CC(C)CNCc1coc(N2CC(C)N(C)C(C)C2)n1. The molecule has 0 radical (unpaired) electrons. The molecule has 2 rings (SSSR count). The van der Waals surface area contributed by atoms with E-state index in [0.717, 1.165) is 37.9 Å². The lowest BCUT2D eigenvalue weighted by Gasteiger charge is -2.41. The van der Waals surface area contributed by atoms with Gasteiger partial charge < -0.3 is 14.6 Å². The number of nitrogens with one attached hydrogen (secondary N) is 1. The van der Waals surface area contributed by atoms with Crippen molar-refractivity contribution in [2.24, 2.45) is 5.92 Å². The van der Waals surface area contributed by atoms with Crippen molar-refractivity contribution in [2.45, 2.75) is 46.3 Å². The van der Waals surface area contributed by atoms with Gasteiger partial charge in [0.1, 0.15) is 6.26 Å². The van der Waals surface area contributed by atoms with Crippen LogP contribution in [0.3, 0.4) is 0 Å². The monoisotopic (exact) mass is 280 g/mol. The molecule has 1 aromatic heterocycles. The highest BCUT2D eigenvalue weighted by atomic mass is 16.4. The van der Waals surface area contributed by atoms with Crippen LogP contribution in [-0.2, 0) is 6.54 Å². The molecule has 0 aromatic carbocycles. The normalized spacial score (nSPS) is 24.6. The average Bonchev–Trinajstić information content (AvgIpc) is 2.83. The zero-order valence-electron chi connectivity index (χ0n) is 13.4. The second-order valence-electron chi connectivity index (χ2n) is 6.41. The summed E-state index contributed by atoms with van der Waals surface area (Å²) in [5.41, 5.74) is 0.986. The summed E-state index contributed by atoms with van der Waals surface area (Å²) in [4.78, 5) is 9.26. The fourth-order valence-electron chi connectivity index (χ4n) is 2.57. The zero-order valence-corrected chi connectivity index (χ0v) is 13.4. The Morgan fingerprint density at radius 3 is 2.60 bits per heavy atom. The number of piperazine rings is 1. The lowest BCUT2D eigenvalue weighted by molar-refractivity contribution is 0.166. The van der Waals surface area contributed by atoms with E-state index in [-0.39, 0.29) is 0 Å². The third-order valence-electron chi connectivity index (χ3n) is 4.03. The van der Waals surface area contributed by atoms with Crippen LogP contribution in [0.2, 0.25) is 0 Å². The van der Waals surface area contributed by atoms with Crippen LogP contribution in [0.15, 0.2) is 10.7 Å². The Bertz CT molecular complexity index is 406. The number of hydrogen-bond donors (Lipinski definition) is 1. The molecule has 0 amide bonds. The van der Waals surface area contributed by atoms with Crippen molar-refractivity contribution in [1.29, 1.82) is 0 Å². The Kier molecular flexibility index (Phi) is 5.05. The maximum atomic E-state index is 5.65. The summed E-state index contributed by atoms with van der Waals surface area (Å²) < 4.78 is 5.65. The molecular weight excluding hydrogens is 252 g/mol. The summed E-state index contributed by atoms with van der Waals surface area (Å²) in [7, 11) is 2.18. The molecule has 0 aliphatic carbocycles. The minimum absolute atomic E-state index is 0.521. The van der Waals surface area contributed by atoms with Crippen molar-refractivity contribution in [1.82, 2.24) is 15.2 Å². The van der Waals surface area contributed by atoms with Crippen LogP contribution < -0.4 is 10.2 Å². The molecule has 5 heteroatoms. The number of aromatic nitrogens is 1. The Morgan fingerprint density at radius 1 is 1.35 bits per heavy atom. The second-order valence-corrected chi connectivity index (χ2v) is 6.41. The number of hydrogen-bond acceptors (Lipinski definition) is 5. The minimum atomic E-state index is 0.521. The summed E-state index contributed by atoms with van der Waals surface area (Å²) in [5.74, 6) is 0.653. The molecule has 2 heterocycles. The topological polar surface area (TPSA) is 44.5 Å². The third kappa shape index (κ3) is 3.73. The van der Waals surface area contributed by atoms with Gasteiger partial charge in [0.15, 0.2) is 0 Å². The fraction of sp³-hybridized carbons (Fsp3) is 0.800. The van der Waals surface area contributed by atoms with Gasteiger partial charge in [0.05, 0.1) is 5.69 Å². The van der Waals surface area contributed by atoms with E-state index in [0.29, 0.717) is 18.0 Å². The molecule has 20 heavy (non-hydrogen) atoms. The average molecular weight is 280 g/mol. The van der Waals surface area contributed by atoms with Crippen LogP contribution in [0.1, 0.15) is 33.4 Å². The quantitative estimate of drug-likeness (QED) is 0.893. The molecule has 0 saturated carbocycles. The summed E-state index contributed by atoms with van der Waals surface area (Å²) >= 11 is 0. The zero-order chi connectivity index (χ0) is 14.7. The summed E-state index contributed by atoms with van der Waals surface area (Å²) in [5, 5.41) is 3.39. The number of anilines is 1. The van der Waals surface area contributed by atoms with Crippen molar-refractivity contribution >= 4 is 6.01 Å². The van der Waals surface area contributed by atoms with E-state index in [1.54, 1.807) is 6.26 Å². The molecule has 1 saturated heterocycles. The highest BCUT2D eigenvalue weighted by Crippen LogP contribution is 2.20. The Balaban J connectivity index is 1.91. The van der Waals surface area contributed by atoms with E-state index in [9.17, 15) is 0 Å². The second kappa shape index (κ2) is 6.59. The first-order valence-electron chi connectivity index (χ1n) is 7.59. The van der Waals surface area contributed by atoms with Gasteiger partial charge in [-0.05, 0) is 33.4 Å². The third-order valence-corrected chi connectivity index (χ3v) is 4.03. The van der Waals surface area contributed by atoms with Crippen LogP contribution in [0.4, 0.5) is 6.01 Å². The van der Waals surface area contributed by atoms with Gasteiger partial charge in [-0.25, -0.2) is 0 Å². The van der Waals surface area contributed by atoms with Crippen molar-refractivity contribution in [3.05, 3.63) is 12.0 Å². The van der Waals surface area contributed by atoms with E-state index >= 15 is 0 Å². The smallest absolute Gasteiger partial charge is 0.297 e. The molecule has 1 aliphatic heterocycles. The molecule has 5 nitrogen and oxygen atoms in total. The Hall–Kier alpha value is -1.07. The van der Waals surface area contributed by atoms with Gasteiger partial charge in [0.2, 0.25) is 0 Å². The van der Waals surface area contributed by atoms with Crippen molar-refractivity contribution < 1.29 is 4.42 Å². The standard InChI is InChI=1S/C15H28N4O/c1-11(2)6-16-7-14-10-20-15(17-14)19-8-12(3)18(5)13(4)9-19/h10-13,16H,6-9H2,1-5H3. The predicted molar refractivity (Wildman–Crippen MR) is 81.9 cm³/mol. The first kappa shape index (κ1) is 15.3. The van der Waals surface area contributed by atoms with Crippen LogP contribution in [0.5, 0.6) is 0 Å². The molecule has 114 valence electrons. The minimum Gasteiger partial charge on any atom is -0.432 e. The molecule has 1 aromatic rings. The van der Waals surface area contributed by atoms with E-state index in [2.05, 4.69) is 54.8 Å². The maximum Gasteiger partial charge on any atom is 0.297 e. The van der Waals surface area contributed by atoms with Crippen LogP contribution in [-0.4, -0.2) is 48.6 Å². The number of oxazole rings is 1. The first-order chi connectivity index (χ1) is 9.47. The Labute approximate surface area is 122 Å². The highest BCUT2D eigenvalue weighted by Gasteiger charge is 2.28. The van der Waals surface area contributed by atoms with Crippen molar-refractivity contribution in [3.8, 4) is 0 Å². The van der Waals surface area contributed by atoms with Gasteiger partial charge in [-0.2, -0.15) is 4.98 Å². The Morgan fingerprint density at radius 2 is 2.00 bits per heavy atom. The fourth-order valence-corrected chi connectivity index (χ4v) is 2.57. The largest absolute Gasteiger partial charge is 0.432 e.